The van der Waals surface area contributed by atoms with Crippen LogP contribution in [-0.2, 0) is 4.79 Å². The lowest BCUT2D eigenvalue weighted by molar-refractivity contribution is -0.117. The van der Waals surface area contributed by atoms with Crippen molar-refractivity contribution in [2.75, 3.05) is 17.3 Å². The second-order valence-electron chi connectivity index (χ2n) is 8.14. The fraction of sp³-hybridized carbons (Fsp3) is 0.455. The van der Waals surface area contributed by atoms with Gasteiger partial charge in [0.1, 0.15) is 11.3 Å². The summed E-state index contributed by atoms with van der Waals surface area (Å²) in [5.41, 5.74) is 2.32. The number of carboxylic acids is 1. The van der Waals surface area contributed by atoms with E-state index in [0.717, 1.165) is 24.1 Å². The lowest BCUT2D eigenvalue weighted by Gasteiger charge is -2.45. The van der Waals surface area contributed by atoms with Gasteiger partial charge in [0.25, 0.3) is 0 Å². The first-order valence-corrected chi connectivity index (χ1v) is 10.1. The van der Waals surface area contributed by atoms with Crippen molar-refractivity contribution in [1.29, 1.82) is 0 Å². The van der Waals surface area contributed by atoms with Crippen LogP contribution in [0.2, 0.25) is 0 Å². The molecule has 0 saturated heterocycles. The molecule has 2 aliphatic rings. The van der Waals surface area contributed by atoms with Gasteiger partial charge in [-0.2, -0.15) is 0 Å². The fourth-order valence-corrected chi connectivity index (χ4v) is 4.58. The quantitative estimate of drug-likeness (QED) is 0.778. The number of hydrogen-bond donors (Lipinski definition) is 2. The predicted molar refractivity (Wildman–Crippen MR) is 112 cm³/mol. The van der Waals surface area contributed by atoms with Crippen LogP contribution >= 0.6 is 0 Å². The van der Waals surface area contributed by atoms with E-state index >= 15 is 0 Å². The van der Waals surface area contributed by atoms with Gasteiger partial charge in [-0.1, -0.05) is 6.92 Å². The van der Waals surface area contributed by atoms with Gasteiger partial charge in [-0.05, 0) is 43.4 Å². The zero-order chi connectivity index (χ0) is 21.6. The normalized spacial score (nSPS) is 22.9. The van der Waals surface area contributed by atoms with Crippen molar-refractivity contribution in [3.63, 3.8) is 0 Å². The van der Waals surface area contributed by atoms with Crippen molar-refractivity contribution in [1.82, 2.24) is 9.97 Å². The molecule has 1 aliphatic heterocycles. The lowest BCUT2D eigenvalue weighted by atomic mass is 9.79. The Morgan fingerprint density at radius 2 is 2.03 bits per heavy atom. The van der Waals surface area contributed by atoms with Crippen LogP contribution in [0.15, 0.2) is 24.4 Å². The number of rotatable bonds is 5. The Bertz CT molecular complexity index is 1000. The Kier molecular flexibility index (Phi) is 5.09. The maximum atomic E-state index is 12.7. The van der Waals surface area contributed by atoms with Crippen LogP contribution in [0.5, 0.6) is 5.75 Å². The van der Waals surface area contributed by atoms with Crippen LogP contribution in [0, 0.1) is 18.8 Å². The van der Waals surface area contributed by atoms with Gasteiger partial charge in [0.05, 0.1) is 18.8 Å². The monoisotopic (exact) mass is 410 g/mol. The number of ether oxygens (including phenoxy) is 1. The SMILES string of the molecule is COc1cc2c(cc1C(=O)O)C(Nc1nccc(C)n1)[C@@H](C)C(C1CC1)N2C(C)=O. The van der Waals surface area contributed by atoms with Crippen LogP contribution in [0.1, 0.15) is 54.3 Å². The number of methoxy groups -OCH3 is 1. The minimum absolute atomic E-state index is 0.0118. The Balaban J connectivity index is 1.89. The molecule has 4 rings (SSSR count). The molecule has 1 aromatic heterocycles. The largest absolute Gasteiger partial charge is 0.496 e. The molecule has 2 aromatic rings. The molecule has 1 fully saturated rings. The van der Waals surface area contributed by atoms with Crippen molar-refractivity contribution < 1.29 is 19.4 Å². The maximum absolute atomic E-state index is 12.7. The summed E-state index contributed by atoms with van der Waals surface area (Å²) in [7, 11) is 1.44. The first-order chi connectivity index (χ1) is 14.3. The molecule has 1 aromatic carbocycles. The number of nitrogens with zero attached hydrogens (tertiary/aromatic N) is 3. The average Bonchev–Trinajstić information content (AvgIpc) is 3.53. The summed E-state index contributed by atoms with van der Waals surface area (Å²) >= 11 is 0. The molecular formula is C22H26N4O4. The van der Waals surface area contributed by atoms with E-state index in [1.807, 2.05) is 17.9 Å². The van der Waals surface area contributed by atoms with E-state index in [9.17, 15) is 14.7 Å². The summed E-state index contributed by atoms with van der Waals surface area (Å²) < 4.78 is 5.34. The van der Waals surface area contributed by atoms with Crippen molar-refractivity contribution in [3.8, 4) is 5.75 Å². The van der Waals surface area contributed by atoms with E-state index in [1.54, 1.807) is 25.3 Å². The number of hydrogen-bond acceptors (Lipinski definition) is 6. The number of carbonyl (C=O) groups excluding carboxylic acids is 1. The second kappa shape index (κ2) is 7.59. The van der Waals surface area contributed by atoms with Crippen molar-refractivity contribution in [3.05, 3.63) is 41.2 Å². The van der Waals surface area contributed by atoms with Gasteiger partial charge >= 0.3 is 5.97 Å². The highest BCUT2D eigenvalue weighted by molar-refractivity contribution is 5.97. The van der Waals surface area contributed by atoms with E-state index in [1.165, 1.54) is 7.11 Å². The smallest absolute Gasteiger partial charge is 0.339 e. The highest BCUT2D eigenvalue weighted by Crippen LogP contribution is 2.51. The van der Waals surface area contributed by atoms with E-state index in [-0.39, 0.29) is 35.2 Å². The van der Waals surface area contributed by atoms with E-state index in [4.69, 9.17) is 4.74 Å². The lowest BCUT2D eigenvalue weighted by Crippen LogP contribution is -2.51. The molecule has 1 aliphatic carbocycles. The summed E-state index contributed by atoms with van der Waals surface area (Å²) in [4.78, 5) is 35.2. The van der Waals surface area contributed by atoms with Gasteiger partial charge in [0.2, 0.25) is 11.9 Å². The molecule has 3 atom stereocenters. The second-order valence-corrected chi connectivity index (χ2v) is 8.14. The molecule has 1 saturated carbocycles. The minimum Gasteiger partial charge on any atom is -0.496 e. The summed E-state index contributed by atoms with van der Waals surface area (Å²) in [5.74, 6) is 0.0402. The predicted octanol–water partition coefficient (Wildman–Crippen LogP) is 3.43. The fourth-order valence-electron chi connectivity index (χ4n) is 4.58. The molecule has 0 spiro atoms. The summed E-state index contributed by atoms with van der Waals surface area (Å²) in [6, 6.07) is 4.87. The maximum Gasteiger partial charge on any atom is 0.339 e. The van der Waals surface area contributed by atoms with E-state index < -0.39 is 5.97 Å². The number of carbonyl (C=O) groups is 2. The van der Waals surface area contributed by atoms with Gasteiger partial charge in [-0.15, -0.1) is 0 Å². The number of aromatic nitrogens is 2. The minimum atomic E-state index is -1.08. The number of nitrogens with one attached hydrogen (secondary N) is 1. The van der Waals surface area contributed by atoms with E-state index in [0.29, 0.717) is 17.6 Å². The number of carboxylic acid groups (broad SMARTS) is 1. The van der Waals surface area contributed by atoms with Crippen molar-refractivity contribution in [2.45, 2.75) is 45.7 Å². The Morgan fingerprint density at radius 3 is 2.60 bits per heavy atom. The molecule has 2 unspecified atom stereocenters. The van der Waals surface area contributed by atoms with Gasteiger partial charge < -0.3 is 20.1 Å². The standard InChI is InChI=1S/C22H26N4O4/c1-11-7-8-23-22(24-11)25-19-12(2)20(14-5-6-14)26(13(3)27)17-10-18(30-4)16(21(28)29)9-15(17)19/h7-10,12,14,19-20H,5-6H2,1-4H3,(H,28,29)(H,23,24,25)/t12-,19?,20?/m1/s1. The zero-order valence-corrected chi connectivity index (χ0v) is 17.5. The molecule has 8 heteroatoms. The molecule has 158 valence electrons. The zero-order valence-electron chi connectivity index (χ0n) is 17.5. The van der Waals surface area contributed by atoms with Gasteiger partial charge in [0.15, 0.2) is 0 Å². The first kappa shape index (κ1) is 20.1. The third-order valence-corrected chi connectivity index (χ3v) is 6.06. The number of anilines is 2. The third-order valence-electron chi connectivity index (χ3n) is 6.06. The van der Waals surface area contributed by atoms with Gasteiger partial charge in [-0.25, -0.2) is 14.8 Å². The number of aromatic carboxylic acids is 1. The average molecular weight is 410 g/mol. The highest BCUT2D eigenvalue weighted by atomic mass is 16.5. The van der Waals surface area contributed by atoms with Crippen LogP contribution in [0.4, 0.5) is 11.6 Å². The third kappa shape index (κ3) is 3.46. The van der Waals surface area contributed by atoms with Crippen molar-refractivity contribution in [2.24, 2.45) is 11.8 Å². The summed E-state index contributed by atoms with van der Waals surface area (Å²) in [5, 5.41) is 13.1. The molecule has 8 nitrogen and oxygen atoms in total. The van der Waals surface area contributed by atoms with Crippen LogP contribution in [0.3, 0.4) is 0 Å². The molecule has 2 heterocycles. The highest BCUT2D eigenvalue weighted by Gasteiger charge is 2.48. The molecule has 2 N–H and O–H groups in total. The molecule has 0 bridgehead atoms. The summed E-state index contributed by atoms with van der Waals surface area (Å²) in [6.07, 6.45) is 3.84. The molecule has 0 radical (unpaired) electrons. The Hall–Kier alpha value is -3.16. The topological polar surface area (TPSA) is 105 Å². The van der Waals surface area contributed by atoms with Crippen LogP contribution in [0.25, 0.3) is 0 Å². The first-order valence-electron chi connectivity index (χ1n) is 10.1. The summed E-state index contributed by atoms with van der Waals surface area (Å²) in [6.45, 7) is 5.55. The van der Waals surface area contributed by atoms with E-state index in [2.05, 4.69) is 22.2 Å². The molecule has 1 amide bonds. The molecular weight excluding hydrogens is 384 g/mol. The number of fused-ring (bicyclic) bond motifs is 1. The Labute approximate surface area is 175 Å². The van der Waals surface area contributed by atoms with Crippen LogP contribution in [-0.4, -0.2) is 40.1 Å². The van der Waals surface area contributed by atoms with Gasteiger partial charge in [-0.3, -0.25) is 4.79 Å². The Morgan fingerprint density at radius 1 is 1.30 bits per heavy atom. The number of benzene rings is 1. The van der Waals surface area contributed by atoms with Crippen molar-refractivity contribution >= 4 is 23.5 Å². The van der Waals surface area contributed by atoms with Gasteiger partial charge in [0, 0.05) is 36.8 Å². The number of amides is 1. The van der Waals surface area contributed by atoms with Crippen LogP contribution < -0.4 is 15.0 Å². The molecule has 30 heavy (non-hydrogen) atoms. The number of aryl methyl sites for hydroxylation is 1.